The summed E-state index contributed by atoms with van der Waals surface area (Å²) in [5.74, 6) is -0.968. The Balaban J connectivity index is 1.81. The first kappa shape index (κ1) is 21.0. The quantitative estimate of drug-likeness (QED) is 0.727. The molecule has 0 unspecified atom stereocenters. The fourth-order valence-electron chi connectivity index (χ4n) is 3.15. The van der Waals surface area contributed by atoms with Crippen LogP contribution in [0.4, 0.5) is 5.69 Å². The van der Waals surface area contributed by atoms with Gasteiger partial charge in [0, 0.05) is 37.4 Å². The molecule has 9 heteroatoms. The van der Waals surface area contributed by atoms with Gasteiger partial charge in [-0.2, -0.15) is 4.31 Å². The smallest absolute Gasteiger partial charge is 0.255 e. The molecule has 3 rings (SSSR count). The Morgan fingerprint density at radius 2 is 1.72 bits per heavy atom. The van der Waals surface area contributed by atoms with Crippen molar-refractivity contribution in [3.63, 3.8) is 0 Å². The van der Waals surface area contributed by atoms with Gasteiger partial charge in [-0.15, -0.1) is 0 Å². The van der Waals surface area contributed by atoms with Crippen LogP contribution in [0.2, 0.25) is 0 Å². The van der Waals surface area contributed by atoms with Crippen molar-refractivity contribution in [3.05, 3.63) is 59.7 Å². The number of rotatable bonds is 6. The molecule has 0 saturated carbocycles. The van der Waals surface area contributed by atoms with E-state index < -0.39 is 21.8 Å². The van der Waals surface area contributed by atoms with Crippen molar-refractivity contribution < 1.29 is 18.0 Å². The number of benzene rings is 2. The number of nitrogens with zero attached hydrogens (tertiary/aromatic N) is 2. The third kappa shape index (κ3) is 5.00. The third-order valence-corrected chi connectivity index (χ3v) is 6.72. The van der Waals surface area contributed by atoms with Gasteiger partial charge in [-0.1, -0.05) is 24.3 Å². The summed E-state index contributed by atoms with van der Waals surface area (Å²) in [7, 11) is -1.72. The van der Waals surface area contributed by atoms with Gasteiger partial charge in [0.1, 0.15) is 0 Å². The summed E-state index contributed by atoms with van der Waals surface area (Å²) in [6, 6.07) is 12.8. The van der Waals surface area contributed by atoms with E-state index >= 15 is 0 Å². The van der Waals surface area contributed by atoms with Crippen LogP contribution in [0.15, 0.2) is 53.4 Å². The second-order valence-electron chi connectivity index (χ2n) is 6.99. The fourth-order valence-corrected chi connectivity index (χ4v) is 4.62. The minimum absolute atomic E-state index is 0.00568. The highest BCUT2D eigenvalue weighted by atomic mass is 32.2. The Morgan fingerprint density at radius 1 is 1.03 bits per heavy atom. The van der Waals surface area contributed by atoms with Crippen molar-refractivity contribution in [3.8, 4) is 0 Å². The van der Waals surface area contributed by atoms with Gasteiger partial charge in [0.05, 0.1) is 11.3 Å². The van der Waals surface area contributed by atoms with E-state index in [0.717, 1.165) is 0 Å². The maximum Gasteiger partial charge on any atom is 0.255 e. The Kier molecular flexibility index (Phi) is 6.31. The van der Waals surface area contributed by atoms with Crippen LogP contribution in [0, 0.1) is 0 Å². The van der Waals surface area contributed by atoms with Gasteiger partial charge in [-0.05, 0) is 36.9 Å². The van der Waals surface area contributed by atoms with Gasteiger partial charge in [0.15, 0.2) is 0 Å². The fraction of sp³-hybridized carbons (Fsp3) is 0.300. The van der Waals surface area contributed by atoms with Crippen LogP contribution >= 0.6 is 0 Å². The maximum absolute atomic E-state index is 12.9. The lowest BCUT2D eigenvalue weighted by molar-refractivity contribution is -0.117. The number of nitrogens with two attached hydrogens (primary N) is 1. The molecule has 0 spiro atoms. The van der Waals surface area contributed by atoms with E-state index in [0.29, 0.717) is 37.4 Å². The zero-order valence-corrected chi connectivity index (χ0v) is 17.0. The largest absolute Gasteiger partial charge is 0.369 e. The number of nitrogens with one attached hydrogen (secondary N) is 1. The lowest BCUT2D eigenvalue weighted by Crippen LogP contribution is -2.47. The molecule has 29 heavy (non-hydrogen) atoms. The number of piperazine rings is 1. The third-order valence-electron chi connectivity index (χ3n) is 4.83. The first-order valence-corrected chi connectivity index (χ1v) is 10.7. The molecule has 0 aliphatic carbocycles. The van der Waals surface area contributed by atoms with Gasteiger partial charge in [-0.25, -0.2) is 8.42 Å². The Hall–Kier alpha value is -2.75. The van der Waals surface area contributed by atoms with Crippen molar-refractivity contribution in [1.82, 2.24) is 9.21 Å². The molecular weight excluding hydrogens is 392 g/mol. The summed E-state index contributed by atoms with van der Waals surface area (Å²) >= 11 is 0. The van der Waals surface area contributed by atoms with E-state index in [9.17, 15) is 18.0 Å². The molecule has 1 saturated heterocycles. The van der Waals surface area contributed by atoms with Gasteiger partial charge >= 0.3 is 0 Å². The summed E-state index contributed by atoms with van der Waals surface area (Å²) in [5, 5.41) is 2.73. The minimum atomic E-state index is -3.67. The lowest BCUT2D eigenvalue weighted by atomic mass is 10.1. The van der Waals surface area contributed by atoms with E-state index in [4.69, 9.17) is 5.73 Å². The number of para-hydroxylation sites is 1. The molecule has 0 radical (unpaired) electrons. The highest BCUT2D eigenvalue weighted by molar-refractivity contribution is 7.89. The van der Waals surface area contributed by atoms with E-state index in [-0.39, 0.29) is 16.9 Å². The van der Waals surface area contributed by atoms with Crippen LogP contribution in [0.25, 0.3) is 0 Å². The molecule has 1 aliphatic rings. The molecule has 3 N–H and O–H groups in total. The molecule has 1 aliphatic heterocycles. The van der Waals surface area contributed by atoms with Crippen LogP contribution in [0.3, 0.4) is 0 Å². The zero-order valence-electron chi connectivity index (χ0n) is 16.2. The second-order valence-corrected chi connectivity index (χ2v) is 8.93. The summed E-state index contributed by atoms with van der Waals surface area (Å²) in [6.45, 7) is 2.15. The number of carbonyl (C=O) groups excluding carboxylic acids is 2. The van der Waals surface area contributed by atoms with Crippen molar-refractivity contribution >= 4 is 27.5 Å². The summed E-state index contributed by atoms with van der Waals surface area (Å²) in [4.78, 5) is 26.1. The number of hydrogen-bond donors (Lipinski definition) is 2. The standard InChI is InChI=1S/C20H24N4O4S/c1-23-9-11-24(12-10-23)29(27,28)17-7-4-6-16(13-17)20(26)22-18-8-3-2-5-15(18)14-19(21)25/h2-8,13H,9-12,14H2,1H3,(H2,21,25)(H,22,26). The number of primary amides is 1. The SMILES string of the molecule is CN1CCN(S(=O)(=O)c2cccc(C(=O)Nc3ccccc3CC(N)=O)c2)CC1. The Morgan fingerprint density at radius 3 is 2.41 bits per heavy atom. The Bertz CT molecular complexity index is 1010. The molecule has 0 bridgehead atoms. The van der Waals surface area contributed by atoms with Crippen molar-refractivity contribution in [2.45, 2.75) is 11.3 Å². The summed E-state index contributed by atoms with van der Waals surface area (Å²) < 4.78 is 27.3. The molecule has 1 fully saturated rings. The normalized spacial score (nSPS) is 15.8. The first-order valence-electron chi connectivity index (χ1n) is 9.23. The predicted molar refractivity (Wildman–Crippen MR) is 110 cm³/mol. The van der Waals surface area contributed by atoms with Gasteiger partial charge < -0.3 is 16.0 Å². The summed E-state index contributed by atoms with van der Waals surface area (Å²) in [5.41, 5.74) is 6.53. The second kappa shape index (κ2) is 8.73. The van der Waals surface area contributed by atoms with Crippen molar-refractivity contribution in [2.24, 2.45) is 5.73 Å². The average Bonchev–Trinajstić information content (AvgIpc) is 2.69. The van der Waals surface area contributed by atoms with Crippen molar-refractivity contribution in [1.29, 1.82) is 0 Å². The molecule has 8 nitrogen and oxygen atoms in total. The number of likely N-dealkylation sites (N-methyl/N-ethyl adjacent to an activating group) is 1. The number of anilines is 1. The van der Waals surface area contributed by atoms with Crippen LogP contribution in [-0.2, 0) is 21.2 Å². The number of carbonyl (C=O) groups is 2. The van der Waals surface area contributed by atoms with Crippen molar-refractivity contribution in [2.75, 3.05) is 38.5 Å². The van der Waals surface area contributed by atoms with Gasteiger partial charge in [-0.3, -0.25) is 9.59 Å². The average molecular weight is 417 g/mol. The van der Waals surface area contributed by atoms with Gasteiger partial charge in [0.25, 0.3) is 5.91 Å². The maximum atomic E-state index is 12.9. The number of sulfonamides is 1. The first-order chi connectivity index (χ1) is 13.8. The molecule has 2 amide bonds. The van der Waals surface area contributed by atoms with Gasteiger partial charge in [0.2, 0.25) is 15.9 Å². The highest BCUT2D eigenvalue weighted by Gasteiger charge is 2.28. The van der Waals surface area contributed by atoms with Crippen LogP contribution in [0.1, 0.15) is 15.9 Å². The molecule has 1 heterocycles. The van der Waals surface area contributed by atoms with Crippen LogP contribution in [-0.4, -0.2) is 62.7 Å². The topological polar surface area (TPSA) is 113 Å². The van der Waals surface area contributed by atoms with Crippen LogP contribution < -0.4 is 11.1 Å². The highest BCUT2D eigenvalue weighted by Crippen LogP contribution is 2.21. The minimum Gasteiger partial charge on any atom is -0.369 e. The molecular formula is C20H24N4O4S. The summed E-state index contributed by atoms with van der Waals surface area (Å²) in [6.07, 6.45) is -0.00568. The van der Waals surface area contributed by atoms with E-state index in [1.807, 2.05) is 7.05 Å². The van der Waals surface area contributed by atoms with E-state index in [1.165, 1.54) is 16.4 Å². The van der Waals surface area contributed by atoms with E-state index in [1.54, 1.807) is 36.4 Å². The lowest BCUT2D eigenvalue weighted by Gasteiger charge is -2.31. The number of hydrogen-bond acceptors (Lipinski definition) is 5. The molecule has 0 atom stereocenters. The van der Waals surface area contributed by atoms with Crippen LogP contribution in [0.5, 0.6) is 0 Å². The molecule has 2 aromatic rings. The zero-order chi connectivity index (χ0) is 21.0. The molecule has 154 valence electrons. The molecule has 2 aromatic carbocycles. The monoisotopic (exact) mass is 416 g/mol. The number of amides is 2. The Labute approximate surface area is 170 Å². The predicted octanol–water partition coefficient (Wildman–Crippen LogP) is 0.903. The molecule has 0 aromatic heterocycles. The van der Waals surface area contributed by atoms with E-state index in [2.05, 4.69) is 10.2 Å².